The summed E-state index contributed by atoms with van der Waals surface area (Å²) in [6.07, 6.45) is 1.62. The Hall–Kier alpha value is -2.82. The predicted octanol–water partition coefficient (Wildman–Crippen LogP) is 3.99. The molecule has 0 spiro atoms. The molecule has 144 valence electrons. The smallest absolute Gasteiger partial charge is 0.344 e. The lowest BCUT2D eigenvalue weighted by atomic mass is 10.0. The molecule has 0 bridgehead atoms. The van der Waals surface area contributed by atoms with Crippen LogP contribution in [0.25, 0.3) is 0 Å². The van der Waals surface area contributed by atoms with Crippen LogP contribution in [0.4, 0.5) is 5.69 Å². The molecule has 5 heteroatoms. The van der Waals surface area contributed by atoms with E-state index in [1.165, 1.54) is 0 Å². The number of amides is 1. The first-order chi connectivity index (χ1) is 12.9. The molecular weight excluding hydrogens is 342 g/mol. The summed E-state index contributed by atoms with van der Waals surface area (Å²) in [4.78, 5) is 24.1. The molecule has 0 saturated heterocycles. The van der Waals surface area contributed by atoms with E-state index < -0.39 is 5.97 Å². The van der Waals surface area contributed by atoms with Gasteiger partial charge >= 0.3 is 5.97 Å². The van der Waals surface area contributed by atoms with E-state index in [0.717, 1.165) is 40.8 Å². The van der Waals surface area contributed by atoms with Crippen molar-refractivity contribution in [3.8, 4) is 5.75 Å². The summed E-state index contributed by atoms with van der Waals surface area (Å²) in [7, 11) is 0. The maximum Gasteiger partial charge on any atom is 0.344 e. The van der Waals surface area contributed by atoms with Crippen LogP contribution in [0.15, 0.2) is 36.4 Å². The van der Waals surface area contributed by atoms with Crippen LogP contribution in [-0.4, -0.2) is 25.1 Å². The van der Waals surface area contributed by atoms with Crippen LogP contribution >= 0.6 is 0 Å². The van der Waals surface area contributed by atoms with Gasteiger partial charge < -0.3 is 14.8 Å². The van der Waals surface area contributed by atoms with Gasteiger partial charge in [-0.2, -0.15) is 0 Å². The summed E-state index contributed by atoms with van der Waals surface area (Å²) in [5.41, 5.74) is 4.92. The molecule has 0 aliphatic carbocycles. The molecule has 0 aliphatic rings. The Bertz CT molecular complexity index is 792. The van der Waals surface area contributed by atoms with Crippen LogP contribution in [0.2, 0.25) is 0 Å². The molecule has 0 atom stereocenters. The average molecular weight is 369 g/mol. The van der Waals surface area contributed by atoms with Gasteiger partial charge in [-0.05, 0) is 55.0 Å². The van der Waals surface area contributed by atoms with E-state index in [2.05, 4.69) is 5.32 Å². The van der Waals surface area contributed by atoms with Crippen molar-refractivity contribution in [1.29, 1.82) is 0 Å². The van der Waals surface area contributed by atoms with Crippen molar-refractivity contribution in [3.05, 3.63) is 58.7 Å². The minimum atomic E-state index is -0.578. The van der Waals surface area contributed by atoms with Crippen molar-refractivity contribution in [3.63, 3.8) is 0 Å². The van der Waals surface area contributed by atoms with Gasteiger partial charge in [-0.15, -0.1) is 0 Å². The monoisotopic (exact) mass is 369 g/mol. The number of nitrogens with one attached hydrogen (secondary N) is 1. The normalized spacial score (nSPS) is 10.4. The zero-order valence-corrected chi connectivity index (χ0v) is 16.4. The van der Waals surface area contributed by atoms with Crippen LogP contribution in [0.5, 0.6) is 5.75 Å². The molecule has 0 aliphatic heterocycles. The number of aryl methyl sites for hydroxylation is 4. The maximum atomic E-state index is 12.2. The lowest BCUT2D eigenvalue weighted by Crippen LogP contribution is -2.24. The Labute approximate surface area is 160 Å². The SMILES string of the molecule is CCc1cccc(CC)c1NC(=O)COC(=O)COc1cc(C)ccc1C. The summed E-state index contributed by atoms with van der Waals surface area (Å²) in [5, 5.41) is 2.87. The van der Waals surface area contributed by atoms with Gasteiger partial charge in [0.05, 0.1) is 0 Å². The minimum Gasteiger partial charge on any atom is -0.482 e. The number of esters is 1. The van der Waals surface area contributed by atoms with Crippen LogP contribution in [-0.2, 0) is 27.2 Å². The molecule has 0 unspecified atom stereocenters. The molecular formula is C22H27NO4. The molecule has 5 nitrogen and oxygen atoms in total. The summed E-state index contributed by atoms with van der Waals surface area (Å²) in [6.45, 7) is 7.36. The van der Waals surface area contributed by atoms with Gasteiger partial charge in [0.2, 0.25) is 0 Å². The van der Waals surface area contributed by atoms with E-state index in [-0.39, 0.29) is 19.1 Å². The predicted molar refractivity (Wildman–Crippen MR) is 106 cm³/mol. The fourth-order valence-electron chi connectivity index (χ4n) is 2.77. The minimum absolute atomic E-state index is 0.233. The number of rotatable bonds is 8. The second kappa shape index (κ2) is 9.76. The average Bonchev–Trinajstić information content (AvgIpc) is 2.67. The first-order valence-corrected chi connectivity index (χ1v) is 9.20. The van der Waals surface area contributed by atoms with Crippen LogP contribution < -0.4 is 10.1 Å². The van der Waals surface area contributed by atoms with Crippen LogP contribution in [0.3, 0.4) is 0 Å². The van der Waals surface area contributed by atoms with E-state index >= 15 is 0 Å². The zero-order chi connectivity index (χ0) is 19.8. The lowest BCUT2D eigenvalue weighted by molar-refractivity contribution is -0.149. The number of anilines is 1. The van der Waals surface area contributed by atoms with Gasteiger partial charge in [0.25, 0.3) is 5.91 Å². The number of benzene rings is 2. The van der Waals surface area contributed by atoms with E-state index in [9.17, 15) is 9.59 Å². The summed E-state index contributed by atoms with van der Waals surface area (Å²) >= 11 is 0. The molecule has 1 amide bonds. The Morgan fingerprint density at radius 3 is 2.26 bits per heavy atom. The fraction of sp³-hybridized carbons (Fsp3) is 0.364. The number of ether oxygens (including phenoxy) is 2. The Kier molecular flexibility index (Phi) is 7.41. The topological polar surface area (TPSA) is 64.6 Å². The Balaban J connectivity index is 1.87. The summed E-state index contributed by atoms with van der Waals surface area (Å²) in [6, 6.07) is 11.7. The largest absolute Gasteiger partial charge is 0.482 e. The van der Waals surface area contributed by atoms with E-state index in [4.69, 9.17) is 9.47 Å². The van der Waals surface area contributed by atoms with Gasteiger partial charge in [0, 0.05) is 5.69 Å². The second-order valence-electron chi connectivity index (χ2n) is 6.42. The van der Waals surface area contributed by atoms with Crippen molar-refractivity contribution >= 4 is 17.6 Å². The maximum absolute atomic E-state index is 12.2. The standard InChI is InChI=1S/C22H27NO4/c1-5-17-8-7-9-18(6-2)22(17)23-20(24)13-27-21(25)14-26-19-12-15(3)10-11-16(19)4/h7-12H,5-6,13-14H2,1-4H3,(H,23,24). The van der Waals surface area contributed by atoms with Crippen molar-refractivity contribution in [2.24, 2.45) is 0 Å². The molecule has 0 fully saturated rings. The van der Waals surface area contributed by atoms with Gasteiger partial charge in [0.1, 0.15) is 5.75 Å². The molecule has 0 radical (unpaired) electrons. The van der Waals surface area contributed by atoms with Crippen LogP contribution in [0, 0.1) is 13.8 Å². The van der Waals surface area contributed by atoms with E-state index in [1.54, 1.807) is 0 Å². The van der Waals surface area contributed by atoms with Gasteiger partial charge in [-0.1, -0.05) is 44.2 Å². The number of carbonyl (C=O) groups excluding carboxylic acids is 2. The first-order valence-electron chi connectivity index (χ1n) is 9.20. The highest BCUT2D eigenvalue weighted by Gasteiger charge is 2.13. The highest BCUT2D eigenvalue weighted by Crippen LogP contribution is 2.22. The molecule has 0 saturated carbocycles. The van der Waals surface area contributed by atoms with Gasteiger partial charge in [0.15, 0.2) is 13.2 Å². The Morgan fingerprint density at radius 2 is 1.63 bits per heavy atom. The lowest BCUT2D eigenvalue weighted by Gasteiger charge is -2.14. The van der Waals surface area contributed by atoms with Crippen LogP contribution in [0.1, 0.15) is 36.1 Å². The molecule has 2 aromatic carbocycles. The fourth-order valence-corrected chi connectivity index (χ4v) is 2.77. The second-order valence-corrected chi connectivity index (χ2v) is 6.42. The summed E-state index contributed by atoms with van der Waals surface area (Å²) in [5.74, 6) is -0.294. The van der Waals surface area contributed by atoms with Gasteiger partial charge in [-0.25, -0.2) is 4.79 Å². The van der Waals surface area contributed by atoms with E-state index in [0.29, 0.717) is 5.75 Å². The third-order valence-electron chi connectivity index (χ3n) is 4.32. The summed E-state index contributed by atoms with van der Waals surface area (Å²) < 4.78 is 10.5. The van der Waals surface area contributed by atoms with Crippen molar-refractivity contribution in [2.45, 2.75) is 40.5 Å². The Morgan fingerprint density at radius 1 is 0.963 bits per heavy atom. The molecule has 0 aromatic heterocycles. The third kappa shape index (κ3) is 5.84. The number of carbonyl (C=O) groups is 2. The molecule has 1 N–H and O–H groups in total. The van der Waals surface area contributed by atoms with Gasteiger partial charge in [-0.3, -0.25) is 4.79 Å². The highest BCUT2D eigenvalue weighted by molar-refractivity contribution is 5.94. The number of hydrogen-bond donors (Lipinski definition) is 1. The molecule has 27 heavy (non-hydrogen) atoms. The molecule has 2 rings (SSSR count). The van der Waals surface area contributed by atoms with Crippen molar-refractivity contribution in [1.82, 2.24) is 0 Å². The molecule has 0 heterocycles. The quantitative estimate of drug-likeness (QED) is 0.715. The van der Waals surface area contributed by atoms with E-state index in [1.807, 2.05) is 64.1 Å². The number of hydrogen-bond acceptors (Lipinski definition) is 4. The van der Waals surface area contributed by atoms with Crippen molar-refractivity contribution in [2.75, 3.05) is 18.5 Å². The third-order valence-corrected chi connectivity index (χ3v) is 4.32. The first kappa shape index (κ1) is 20.5. The van der Waals surface area contributed by atoms with Crippen molar-refractivity contribution < 1.29 is 19.1 Å². The number of para-hydroxylation sites is 1. The zero-order valence-electron chi connectivity index (χ0n) is 16.4. The molecule has 2 aromatic rings. The highest BCUT2D eigenvalue weighted by atomic mass is 16.6.